The van der Waals surface area contributed by atoms with Gasteiger partial charge >= 0.3 is 0 Å². The summed E-state index contributed by atoms with van der Waals surface area (Å²) in [6.45, 7) is 0.906. The SMILES string of the molecule is Cn1c(N2CCCC3CCCCC32)nc(-c2ccncc2F)cc1=O. The van der Waals surface area contributed by atoms with E-state index in [2.05, 4.69) is 9.88 Å². The predicted octanol–water partition coefficient (Wildman–Crippen LogP) is 3.14. The highest BCUT2D eigenvalue weighted by Crippen LogP contribution is 2.37. The fourth-order valence-corrected chi connectivity index (χ4v) is 4.38. The molecule has 0 spiro atoms. The number of nitrogens with zero attached hydrogens (tertiary/aromatic N) is 4. The molecule has 1 saturated heterocycles. The van der Waals surface area contributed by atoms with Crippen molar-refractivity contribution >= 4 is 5.95 Å². The molecule has 0 aromatic carbocycles. The van der Waals surface area contributed by atoms with Gasteiger partial charge < -0.3 is 4.90 Å². The number of piperidine rings is 1. The molecular formula is C19H23FN4O. The lowest BCUT2D eigenvalue weighted by molar-refractivity contribution is 0.240. The smallest absolute Gasteiger partial charge is 0.255 e. The van der Waals surface area contributed by atoms with Crippen LogP contribution in [0.2, 0.25) is 0 Å². The summed E-state index contributed by atoms with van der Waals surface area (Å²) in [7, 11) is 1.75. The Labute approximate surface area is 146 Å². The standard InChI is InChI=1S/C19H23FN4O/c1-23-18(25)11-16(14-8-9-21-12-15(14)20)22-19(23)24-10-4-6-13-5-2-3-7-17(13)24/h8-9,11-13,17H,2-7,10H2,1H3. The van der Waals surface area contributed by atoms with Crippen molar-refractivity contribution in [1.29, 1.82) is 0 Å². The van der Waals surface area contributed by atoms with Gasteiger partial charge in [-0.1, -0.05) is 12.8 Å². The summed E-state index contributed by atoms with van der Waals surface area (Å²) in [4.78, 5) is 23.3. The van der Waals surface area contributed by atoms with Crippen molar-refractivity contribution in [3.63, 3.8) is 0 Å². The number of rotatable bonds is 2. The van der Waals surface area contributed by atoms with Crippen molar-refractivity contribution in [2.45, 2.75) is 44.6 Å². The van der Waals surface area contributed by atoms with Crippen molar-refractivity contribution in [3.8, 4) is 11.3 Å². The molecule has 2 unspecified atom stereocenters. The number of anilines is 1. The van der Waals surface area contributed by atoms with Gasteiger partial charge in [0, 0.05) is 37.5 Å². The number of halogens is 1. The second-order valence-corrected chi connectivity index (χ2v) is 7.14. The number of pyridine rings is 1. The summed E-state index contributed by atoms with van der Waals surface area (Å²) in [5, 5.41) is 0. The van der Waals surface area contributed by atoms with Crippen molar-refractivity contribution in [2.24, 2.45) is 13.0 Å². The van der Waals surface area contributed by atoms with Crippen LogP contribution in [-0.4, -0.2) is 27.1 Å². The zero-order valence-corrected chi connectivity index (χ0v) is 14.5. The fraction of sp³-hybridized carbons (Fsp3) is 0.526. The summed E-state index contributed by atoms with van der Waals surface area (Å²) < 4.78 is 15.7. The van der Waals surface area contributed by atoms with Crippen molar-refractivity contribution < 1.29 is 4.39 Å². The molecule has 3 heterocycles. The molecule has 2 atom stereocenters. The highest BCUT2D eigenvalue weighted by molar-refractivity contribution is 5.60. The molecule has 2 aliphatic rings. The molecule has 0 amide bonds. The predicted molar refractivity (Wildman–Crippen MR) is 95.0 cm³/mol. The zero-order valence-electron chi connectivity index (χ0n) is 14.5. The maximum Gasteiger partial charge on any atom is 0.255 e. The first-order valence-electron chi connectivity index (χ1n) is 9.10. The van der Waals surface area contributed by atoms with Gasteiger partial charge in [0.15, 0.2) is 5.82 Å². The second-order valence-electron chi connectivity index (χ2n) is 7.14. The van der Waals surface area contributed by atoms with Gasteiger partial charge in [-0.15, -0.1) is 0 Å². The van der Waals surface area contributed by atoms with E-state index in [0.717, 1.165) is 25.6 Å². The normalized spacial score (nSPS) is 23.4. The summed E-state index contributed by atoms with van der Waals surface area (Å²) in [5.41, 5.74) is 0.552. The van der Waals surface area contributed by atoms with Crippen molar-refractivity contribution in [3.05, 3.63) is 40.7 Å². The molecule has 132 valence electrons. The lowest BCUT2D eigenvalue weighted by atomic mass is 9.78. The molecule has 0 bridgehead atoms. The minimum absolute atomic E-state index is 0.158. The number of fused-ring (bicyclic) bond motifs is 1. The van der Waals surface area contributed by atoms with E-state index in [1.165, 1.54) is 37.9 Å². The van der Waals surface area contributed by atoms with E-state index in [1.807, 2.05) is 0 Å². The van der Waals surface area contributed by atoms with E-state index < -0.39 is 5.82 Å². The monoisotopic (exact) mass is 342 g/mol. The van der Waals surface area contributed by atoms with Crippen LogP contribution in [-0.2, 0) is 7.05 Å². The minimum atomic E-state index is -0.455. The highest BCUT2D eigenvalue weighted by atomic mass is 19.1. The molecule has 0 radical (unpaired) electrons. The van der Waals surface area contributed by atoms with Crippen LogP contribution in [0.1, 0.15) is 38.5 Å². The number of aromatic nitrogens is 3. The van der Waals surface area contributed by atoms with Crippen LogP contribution in [0, 0.1) is 11.7 Å². The minimum Gasteiger partial charge on any atom is -0.339 e. The molecular weight excluding hydrogens is 319 g/mol. The van der Waals surface area contributed by atoms with Gasteiger partial charge in [0.1, 0.15) is 0 Å². The Hall–Kier alpha value is -2.24. The molecule has 2 fully saturated rings. The lowest BCUT2D eigenvalue weighted by Crippen LogP contribution is -2.49. The Morgan fingerprint density at radius 1 is 1.20 bits per heavy atom. The van der Waals surface area contributed by atoms with Crippen LogP contribution in [0.3, 0.4) is 0 Å². The molecule has 4 rings (SSSR count). The maximum atomic E-state index is 14.1. The van der Waals surface area contributed by atoms with E-state index in [4.69, 9.17) is 4.98 Å². The Bertz CT molecular complexity index is 832. The quantitative estimate of drug-likeness (QED) is 0.841. The molecule has 1 saturated carbocycles. The van der Waals surface area contributed by atoms with Gasteiger partial charge in [-0.3, -0.25) is 14.3 Å². The average molecular weight is 342 g/mol. The molecule has 2 aromatic heterocycles. The third-order valence-corrected chi connectivity index (χ3v) is 5.66. The van der Waals surface area contributed by atoms with Crippen LogP contribution in [0.25, 0.3) is 11.3 Å². The van der Waals surface area contributed by atoms with Gasteiger partial charge in [-0.2, -0.15) is 0 Å². The maximum absolute atomic E-state index is 14.1. The summed E-state index contributed by atoms with van der Waals surface area (Å²) in [5.74, 6) is 0.888. The van der Waals surface area contributed by atoms with Gasteiger partial charge in [0.25, 0.3) is 5.56 Å². The largest absolute Gasteiger partial charge is 0.339 e. The van der Waals surface area contributed by atoms with Gasteiger partial charge in [0.2, 0.25) is 5.95 Å². The number of hydrogen-bond acceptors (Lipinski definition) is 4. The zero-order chi connectivity index (χ0) is 17.4. The molecule has 5 nitrogen and oxygen atoms in total. The van der Waals surface area contributed by atoms with E-state index in [9.17, 15) is 9.18 Å². The Morgan fingerprint density at radius 3 is 2.84 bits per heavy atom. The van der Waals surface area contributed by atoms with E-state index in [-0.39, 0.29) is 5.56 Å². The van der Waals surface area contributed by atoms with E-state index >= 15 is 0 Å². The Kier molecular flexibility index (Phi) is 4.27. The molecule has 6 heteroatoms. The second kappa shape index (κ2) is 6.58. The molecule has 25 heavy (non-hydrogen) atoms. The highest BCUT2D eigenvalue weighted by Gasteiger charge is 2.35. The molecule has 1 aliphatic carbocycles. The first-order chi connectivity index (χ1) is 12.1. The van der Waals surface area contributed by atoms with Gasteiger partial charge in [0.05, 0.1) is 11.9 Å². The third kappa shape index (κ3) is 2.94. The third-order valence-electron chi connectivity index (χ3n) is 5.66. The summed E-state index contributed by atoms with van der Waals surface area (Å²) >= 11 is 0. The summed E-state index contributed by atoms with van der Waals surface area (Å²) in [6.07, 6.45) is 9.98. The van der Waals surface area contributed by atoms with Crippen LogP contribution < -0.4 is 10.5 Å². The first kappa shape index (κ1) is 16.2. The Balaban J connectivity index is 1.79. The van der Waals surface area contributed by atoms with Crippen LogP contribution in [0.15, 0.2) is 29.3 Å². The first-order valence-corrected chi connectivity index (χ1v) is 9.10. The van der Waals surface area contributed by atoms with Crippen molar-refractivity contribution in [2.75, 3.05) is 11.4 Å². The van der Waals surface area contributed by atoms with Crippen molar-refractivity contribution in [1.82, 2.24) is 14.5 Å². The van der Waals surface area contributed by atoms with Gasteiger partial charge in [-0.05, 0) is 37.7 Å². The fourth-order valence-electron chi connectivity index (χ4n) is 4.38. The summed E-state index contributed by atoms with van der Waals surface area (Å²) in [6, 6.07) is 3.42. The van der Waals surface area contributed by atoms with Crippen LogP contribution in [0.4, 0.5) is 10.3 Å². The van der Waals surface area contributed by atoms with Crippen LogP contribution >= 0.6 is 0 Å². The lowest BCUT2D eigenvalue weighted by Gasteiger charge is -2.45. The van der Waals surface area contributed by atoms with E-state index in [1.54, 1.807) is 17.7 Å². The van der Waals surface area contributed by atoms with E-state index in [0.29, 0.717) is 29.2 Å². The molecule has 1 aliphatic heterocycles. The topological polar surface area (TPSA) is 51.0 Å². The van der Waals surface area contributed by atoms with Gasteiger partial charge in [-0.25, -0.2) is 9.37 Å². The average Bonchev–Trinajstić information content (AvgIpc) is 2.64. The Morgan fingerprint density at radius 2 is 2.00 bits per heavy atom. The molecule has 2 aromatic rings. The van der Waals surface area contributed by atoms with Crippen LogP contribution in [0.5, 0.6) is 0 Å². The number of hydrogen-bond donors (Lipinski definition) is 0. The molecule has 0 N–H and O–H groups in total.